The molecule has 1 fully saturated rings. The third kappa shape index (κ3) is 5.53. The molecule has 0 aromatic heterocycles. The fraction of sp³-hybridized carbons (Fsp3) is 0.867. The van der Waals surface area contributed by atoms with E-state index in [4.69, 9.17) is 5.11 Å². The Morgan fingerprint density at radius 1 is 1.14 bits per heavy atom. The molecule has 0 bridgehead atoms. The van der Waals surface area contributed by atoms with E-state index in [-0.39, 0.29) is 30.0 Å². The third-order valence-corrected chi connectivity index (χ3v) is 4.13. The molecule has 1 aliphatic carbocycles. The molecule has 4 N–H and O–H groups in total. The van der Waals surface area contributed by atoms with Crippen LogP contribution in [0.5, 0.6) is 0 Å². The van der Waals surface area contributed by atoms with E-state index < -0.39 is 11.6 Å². The van der Waals surface area contributed by atoms with Gasteiger partial charge in [0.25, 0.3) is 0 Å². The quantitative estimate of drug-likeness (QED) is 0.621. The summed E-state index contributed by atoms with van der Waals surface area (Å²) in [6.07, 6.45) is 2.55. The van der Waals surface area contributed by atoms with Crippen LogP contribution in [-0.2, 0) is 4.79 Å². The zero-order valence-corrected chi connectivity index (χ0v) is 13.3. The SMILES string of the molecule is CC(C)[C@H](NC(=O)NC1CCC(C(=O)O)CC1)C(C)(C)O. The van der Waals surface area contributed by atoms with Crippen molar-refractivity contribution in [1.82, 2.24) is 10.6 Å². The molecule has 0 radical (unpaired) electrons. The van der Waals surface area contributed by atoms with Gasteiger partial charge in [0.05, 0.1) is 17.6 Å². The highest BCUT2D eigenvalue weighted by atomic mass is 16.4. The van der Waals surface area contributed by atoms with Gasteiger partial charge in [0, 0.05) is 6.04 Å². The van der Waals surface area contributed by atoms with Crippen LogP contribution in [0.2, 0.25) is 0 Å². The number of hydrogen-bond acceptors (Lipinski definition) is 3. The number of aliphatic hydroxyl groups is 1. The summed E-state index contributed by atoms with van der Waals surface area (Å²) in [4.78, 5) is 22.9. The van der Waals surface area contributed by atoms with Gasteiger partial charge in [-0.2, -0.15) is 0 Å². The number of carboxylic acid groups (broad SMARTS) is 1. The third-order valence-electron chi connectivity index (χ3n) is 4.13. The van der Waals surface area contributed by atoms with Crippen molar-refractivity contribution in [1.29, 1.82) is 0 Å². The lowest BCUT2D eigenvalue weighted by Crippen LogP contribution is -2.56. The van der Waals surface area contributed by atoms with Crippen molar-refractivity contribution in [2.24, 2.45) is 11.8 Å². The molecule has 1 atom stereocenters. The number of hydrogen-bond donors (Lipinski definition) is 4. The Bertz CT molecular complexity index is 368. The average Bonchev–Trinajstić information content (AvgIpc) is 2.35. The standard InChI is InChI=1S/C15H28N2O4/c1-9(2)12(15(3,4)21)17-14(20)16-11-7-5-10(6-8-11)13(18)19/h9-12,21H,5-8H2,1-4H3,(H,18,19)(H2,16,17,20)/t10?,11?,12-/m0/s1. The zero-order chi connectivity index (χ0) is 16.2. The van der Waals surface area contributed by atoms with Crippen LogP contribution in [0, 0.1) is 11.8 Å². The normalized spacial score (nSPS) is 24.5. The molecule has 2 amide bonds. The monoisotopic (exact) mass is 300 g/mol. The number of amides is 2. The molecule has 0 aliphatic heterocycles. The van der Waals surface area contributed by atoms with Gasteiger partial charge >= 0.3 is 12.0 Å². The highest BCUT2D eigenvalue weighted by Crippen LogP contribution is 2.24. The summed E-state index contributed by atoms with van der Waals surface area (Å²) in [6.45, 7) is 7.24. The number of carboxylic acids is 1. The van der Waals surface area contributed by atoms with Gasteiger partial charge in [0.15, 0.2) is 0 Å². The Morgan fingerprint density at radius 3 is 2.05 bits per heavy atom. The van der Waals surface area contributed by atoms with Crippen molar-refractivity contribution in [3.8, 4) is 0 Å². The lowest BCUT2D eigenvalue weighted by molar-refractivity contribution is -0.142. The summed E-state index contributed by atoms with van der Waals surface area (Å²) in [6, 6.07) is -0.627. The molecule has 21 heavy (non-hydrogen) atoms. The van der Waals surface area contributed by atoms with Gasteiger partial charge in [-0.05, 0) is 45.4 Å². The number of urea groups is 1. The zero-order valence-electron chi connectivity index (χ0n) is 13.3. The maximum atomic E-state index is 12.0. The van der Waals surface area contributed by atoms with Crippen molar-refractivity contribution in [2.75, 3.05) is 0 Å². The number of rotatable bonds is 5. The van der Waals surface area contributed by atoms with E-state index in [0.717, 1.165) is 0 Å². The minimum Gasteiger partial charge on any atom is -0.481 e. The smallest absolute Gasteiger partial charge is 0.315 e. The molecule has 0 spiro atoms. The molecule has 1 saturated carbocycles. The highest BCUT2D eigenvalue weighted by molar-refractivity contribution is 5.75. The maximum absolute atomic E-state index is 12.0. The van der Waals surface area contributed by atoms with Crippen LogP contribution in [0.4, 0.5) is 4.79 Å². The topological polar surface area (TPSA) is 98.7 Å². The Labute approximate surface area is 126 Å². The van der Waals surface area contributed by atoms with E-state index >= 15 is 0 Å². The lowest BCUT2D eigenvalue weighted by Gasteiger charge is -2.34. The summed E-state index contributed by atoms with van der Waals surface area (Å²) < 4.78 is 0. The highest BCUT2D eigenvalue weighted by Gasteiger charge is 2.32. The first-order valence-electron chi connectivity index (χ1n) is 7.63. The molecule has 1 aliphatic rings. The second-order valence-electron chi connectivity index (χ2n) is 6.88. The van der Waals surface area contributed by atoms with Gasteiger partial charge < -0.3 is 20.8 Å². The van der Waals surface area contributed by atoms with Crippen molar-refractivity contribution < 1.29 is 19.8 Å². The molecule has 0 heterocycles. The predicted octanol–water partition coefficient (Wildman–Crippen LogP) is 1.72. The van der Waals surface area contributed by atoms with Crippen molar-refractivity contribution in [2.45, 2.75) is 71.1 Å². The van der Waals surface area contributed by atoms with Crippen LogP contribution in [0.25, 0.3) is 0 Å². The van der Waals surface area contributed by atoms with Gasteiger partial charge in [-0.15, -0.1) is 0 Å². The summed E-state index contributed by atoms with van der Waals surface area (Å²) in [7, 11) is 0. The fourth-order valence-corrected chi connectivity index (χ4v) is 3.01. The van der Waals surface area contributed by atoms with Crippen molar-refractivity contribution in [3.63, 3.8) is 0 Å². The molecule has 6 heteroatoms. The Hall–Kier alpha value is -1.30. The second-order valence-corrected chi connectivity index (χ2v) is 6.88. The maximum Gasteiger partial charge on any atom is 0.315 e. The van der Waals surface area contributed by atoms with Gasteiger partial charge in [-0.3, -0.25) is 4.79 Å². The van der Waals surface area contributed by atoms with E-state index in [1.165, 1.54) is 0 Å². The van der Waals surface area contributed by atoms with Crippen LogP contribution < -0.4 is 10.6 Å². The van der Waals surface area contributed by atoms with E-state index in [0.29, 0.717) is 25.7 Å². The number of carbonyl (C=O) groups is 2. The van der Waals surface area contributed by atoms with Gasteiger partial charge in [-0.25, -0.2) is 4.79 Å². The molecule has 0 aromatic carbocycles. The molecular weight excluding hydrogens is 272 g/mol. The minimum absolute atomic E-state index is 0.00946. The van der Waals surface area contributed by atoms with Crippen LogP contribution >= 0.6 is 0 Å². The lowest BCUT2D eigenvalue weighted by atomic mass is 9.86. The Balaban J connectivity index is 2.45. The van der Waals surface area contributed by atoms with Gasteiger partial charge in [0.2, 0.25) is 0 Å². The number of carbonyl (C=O) groups excluding carboxylic acids is 1. The number of nitrogens with one attached hydrogen (secondary N) is 2. The van der Waals surface area contributed by atoms with Crippen molar-refractivity contribution in [3.05, 3.63) is 0 Å². The van der Waals surface area contributed by atoms with E-state index in [2.05, 4.69) is 10.6 Å². The van der Waals surface area contributed by atoms with Crippen LogP contribution in [0.1, 0.15) is 53.4 Å². The molecule has 0 aromatic rings. The largest absolute Gasteiger partial charge is 0.481 e. The van der Waals surface area contributed by atoms with E-state index in [1.807, 2.05) is 13.8 Å². The second kappa shape index (κ2) is 7.11. The Kier molecular flexibility index (Phi) is 6.01. The minimum atomic E-state index is -0.994. The first kappa shape index (κ1) is 17.8. The molecule has 6 nitrogen and oxygen atoms in total. The molecule has 1 rings (SSSR count). The average molecular weight is 300 g/mol. The summed E-state index contributed by atoms with van der Waals surface area (Å²) in [5.41, 5.74) is -0.994. The summed E-state index contributed by atoms with van der Waals surface area (Å²) in [5.74, 6) is -0.927. The van der Waals surface area contributed by atoms with Gasteiger partial charge in [-0.1, -0.05) is 13.8 Å². The molecule has 0 unspecified atom stereocenters. The summed E-state index contributed by atoms with van der Waals surface area (Å²) >= 11 is 0. The molecule has 122 valence electrons. The molecule has 0 saturated heterocycles. The van der Waals surface area contributed by atoms with Crippen LogP contribution in [0.3, 0.4) is 0 Å². The Morgan fingerprint density at radius 2 is 1.67 bits per heavy atom. The molecular formula is C15H28N2O4. The van der Waals surface area contributed by atoms with Gasteiger partial charge in [0.1, 0.15) is 0 Å². The summed E-state index contributed by atoms with van der Waals surface area (Å²) in [5, 5.41) is 24.7. The number of aliphatic carboxylic acids is 1. The first-order chi connectivity index (χ1) is 9.61. The van der Waals surface area contributed by atoms with Crippen LogP contribution in [-0.4, -0.2) is 39.9 Å². The predicted molar refractivity (Wildman–Crippen MR) is 80.0 cm³/mol. The van der Waals surface area contributed by atoms with Crippen LogP contribution in [0.15, 0.2) is 0 Å². The van der Waals surface area contributed by atoms with E-state index in [1.54, 1.807) is 13.8 Å². The van der Waals surface area contributed by atoms with Crippen molar-refractivity contribution >= 4 is 12.0 Å². The fourth-order valence-electron chi connectivity index (χ4n) is 3.01. The van der Waals surface area contributed by atoms with E-state index in [9.17, 15) is 14.7 Å². The first-order valence-corrected chi connectivity index (χ1v) is 7.63.